The minimum Gasteiger partial charge on any atom is -0.294 e. The van der Waals surface area contributed by atoms with Gasteiger partial charge in [0.05, 0.1) is 0 Å². The lowest BCUT2D eigenvalue weighted by Gasteiger charge is -2.04. The molecule has 1 nitrogen and oxygen atoms in total. The number of carbonyl (C=O) groups excluding carboxylic acids is 1. The second kappa shape index (κ2) is 7.52. The first-order valence-corrected chi connectivity index (χ1v) is 6.56. The Labute approximate surface area is 97.3 Å². The van der Waals surface area contributed by atoms with Crippen LogP contribution in [-0.2, 0) is 0 Å². The van der Waals surface area contributed by atoms with Crippen LogP contribution in [0, 0.1) is 5.92 Å². The Kier molecular flexibility index (Phi) is 7.14. The fraction of sp³-hybridized carbons (Fsp3) is 0.462. The van der Waals surface area contributed by atoms with E-state index in [2.05, 4.69) is 0 Å². The van der Waals surface area contributed by atoms with E-state index in [1.165, 1.54) is 4.90 Å². The lowest BCUT2D eigenvalue weighted by molar-refractivity contribution is 0.0939. The fourth-order valence-electron chi connectivity index (χ4n) is 1.09. The van der Waals surface area contributed by atoms with Gasteiger partial charge in [0, 0.05) is 16.4 Å². The molecule has 84 valence electrons. The van der Waals surface area contributed by atoms with Crippen molar-refractivity contribution in [3.63, 3.8) is 0 Å². The molecule has 0 aliphatic rings. The topological polar surface area (TPSA) is 17.1 Å². The molecule has 0 spiro atoms. The summed E-state index contributed by atoms with van der Waals surface area (Å²) >= 11 is 1.69. The Morgan fingerprint density at radius 2 is 1.60 bits per heavy atom. The number of Topliss-reactive ketones (excluding diaryl/α,β-unsaturated/α-hetero) is 1. The van der Waals surface area contributed by atoms with E-state index < -0.39 is 0 Å². The van der Waals surface area contributed by atoms with Crippen molar-refractivity contribution in [3.05, 3.63) is 29.8 Å². The zero-order valence-electron chi connectivity index (χ0n) is 10.2. The molecule has 1 rings (SSSR count). The van der Waals surface area contributed by atoms with Crippen molar-refractivity contribution < 1.29 is 4.79 Å². The van der Waals surface area contributed by atoms with Crippen molar-refractivity contribution in [2.45, 2.75) is 32.6 Å². The number of ketones is 1. The van der Waals surface area contributed by atoms with Crippen molar-refractivity contribution in [1.82, 2.24) is 0 Å². The monoisotopic (exact) mass is 224 g/mol. The van der Waals surface area contributed by atoms with Crippen LogP contribution in [0.25, 0.3) is 0 Å². The van der Waals surface area contributed by atoms with Gasteiger partial charge in [0.15, 0.2) is 5.78 Å². The van der Waals surface area contributed by atoms with Crippen LogP contribution < -0.4 is 0 Å². The minimum absolute atomic E-state index is 0.0835. The number of carbonyl (C=O) groups is 1. The maximum Gasteiger partial charge on any atom is 0.165 e. The largest absolute Gasteiger partial charge is 0.294 e. The van der Waals surface area contributed by atoms with E-state index in [0.717, 1.165) is 5.56 Å². The Balaban J connectivity index is 0.000000921. The van der Waals surface area contributed by atoms with Crippen LogP contribution in [0.3, 0.4) is 0 Å². The average molecular weight is 224 g/mol. The summed E-state index contributed by atoms with van der Waals surface area (Å²) in [7, 11) is 0. The maximum absolute atomic E-state index is 11.5. The van der Waals surface area contributed by atoms with Crippen LogP contribution in [0.4, 0.5) is 0 Å². The number of rotatable bonds is 3. The quantitative estimate of drug-likeness (QED) is 0.563. The highest BCUT2D eigenvalue weighted by molar-refractivity contribution is 7.98. The van der Waals surface area contributed by atoms with Gasteiger partial charge in [0.2, 0.25) is 0 Å². The lowest BCUT2D eigenvalue weighted by Crippen LogP contribution is -2.06. The summed E-state index contributed by atoms with van der Waals surface area (Å²) in [4.78, 5) is 12.7. The van der Waals surface area contributed by atoms with E-state index in [1.807, 2.05) is 58.2 Å². The van der Waals surface area contributed by atoms with Crippen molar-refractivity contribution in [1.29, 1.82) is 0 Å². The van der Waals surface area contributed by atoms with Gasteiger partial charge in [-0.2, -0.15) is 0 Å². The highest BCUT2D eigenvalue weighted by Crippen LogP contribution is 2.16. The maximum atomic E-state index is 11.5. The van der Waals surface area contributed by atoms with Gasteiger partial charge < -0.3 is 0 Å². The van der Waals surface area contributed by atoms with Gasteiger partial charge in [-0.15, -0.1) is 11.8 Å². The molecule has 1 aromatic rings. The normalized spacial score (nSPS) is 9.47. The molecule has 0 aromatic heterocycles. The van der Waals surface area contributed by atoms with Gasteiger partial charge in [-0.25, -0.2) is 0 Å². The molecule has 0 N–H and O–H groups in total. The number of hydrogen-bond donors (Lipinski definition) is 0. The van der Waals surface area contributed by atoms with Gasteiger partial charge in [-0.1, -0.05) is 39.8 Å². The first-order valence-electron chi connectivity index (χ1n) is 5.33. The second-order valence-electron chi connectivity index (χ2n) is 3.25. The van der Waals surface area contributed by atoms with Crippen LogP contribution in [0.2, 0.25) is 0 Å². The molecule has 0 amide bonds. The van der Waals surface area contributed by atoms with Crippen molar-refractivity contribution >= 4 is 17.5 Å². The molecular weight excluding hydrogens is 204 g/mol. The highest BCUT2D eigenvalue weighted by atomic mass is 32.2. The third kappa shape index (κ3) is 4.52. The van der Waals surface area contributed by atoms with Crippen LogP contribution >= 0.6 is 11.8 Å². The molecule has 0 bridgehead atoms. The first kappa shape index (κ1) is 14.2. The van der Waals surface area contributed by atoms with Gasteiger partial charge in [-0.05, 0) is 18.4 Å². The van der Waals surface area contributed by atoms with E-state index >= 15 is 0 Å². The molecule has 0 saturated heterocycles. The predicted molar refractivity (Wildman–Crippen MR) is 68.7 cm³/mol. The SMILES string of the molecule is CC.CSc1ccc(C(=O)C(C)C)cc1. The van der Waals surface area contributed by atoms with Crippen molar-refractivity contribution in [2.24, 2.45) is 5.92 Å². The van der Waals surface area contributed by atoms with Crippen LogP contribution in [0.5, 0.6) is 0 Å². The van der Waals surface area contributed by atoms with Crippen LogP contribution in [0.1, 0.15) is 38.1 Å². The zero-order valence-corrected chi connectivity index (χ0v) is 11.0. The molecule has 0 fully saturated rings. The first-order chi connectivity index (χ1) is 7.15. The van der Waals surface area contributed by atoms with E-state index in [4.69, 9.17) is 0 Å². The molecule has 15 heavy (non-hydrogen) atoms. The third-order valence-corrected chi connectivity index (χ3v) is 2.64. The summed E-state index contributed by atoms with van der Waals surface area (Å²) in [6.07, 6.45) is 2.03. The summed E-state index contributed by atoms with van der Waals surface area (Å²) in [5, 5.41) is 0. The molecule has 0 aliphatic carbocycles. The molecule has 0 atom stereocenters. The van der Waals surface area contributed by atoms with Crippen molar-refractivity contribution in [3.8, 4) is 0 Å². The number of thioether (sulfide) groups is 1. The Hall–Kier alpha value is -0.760. The Morgan fingerprint density at radius 1 is 1.13 bits per heavy atom. The Bertz CT molecular complexity index is 288. The summed E-state index contributed by atoms with van der Waals surface area (Å²) in [5.41, 5.74) is 0.813. The van der Waals surface area contributed by atoms with E-state index in [9.17, 15) is 4.79 Å². The molecular formula is C13H20OS. The van der Waals surface area contributed by atoms with Gasteiger partial charge in [0.1, 0.15) is 0 Å². The minimum atomic E-state index is 0.0835. The van der Waals surface area contributed by atoms with Gasteiger partial charge in [0.25, 0.3) is 0 Å². The zero-order chi connectivity index (χ0) is 11.8. The number of hydrogen-bond acceptors (Lipinski definition) is 2. The van der Waals surface area contributed by atoms with Crippen molar-refractivity contribution in [2.75, 3.05) is 6.26 Å². The molecule has 0 aliphatic heterocycles. The number of benzene rings is 1. The summed E-state index contributed by atoms with van der Waals surface area (Å²) in [6.45, 7) is 7.84. The van der Waals surface area contributed by atoms with E-state index in [-0.39, 0.29) is 11.7 Å². The smallest absolute Gasteiger partial charge is 0.165 e. The van der Waals surface area contributed by atoms with E-state index in [0.29, 0.717) is 0 Å². The molecule has 0 radical (unpaired) electrons. The van der Waals surface area contributed by atoms with Crippen LogP contribution in [-0.4, -0.2) is 12.0 Å². The van der Waals surface area contributed by atoms with E-state index in [1.54, 1.807) is 11.8 Å². The predicted octanol–water partition coefficient (Wildman–Crippen LogP) is 4.27. The van der Waals surface area contributed by atoms with Crippen LogP contribution in [0.15, 0.2) is 29.2 Å². The standard InChI is InChI=1S/C11H14OS.C2H6/c1-8(2)11(12)9-4-6-10(13-3)7-5-9;1-2/h4-8H,1-3H3;1-2H3. The fourth-order valence-corrected chi connectivity index (χ4v) is 1.50. The summed E-state index contributed by atoms with van der Waals surface area (Å²) in [6, 6.07) is 7.77. The Morgan fingerprint density at radius 3 is 1.93 bits per heavy atom. The highest BCUT2D eigenvalue weighted by Gasteiger charge is 2.09. The third-order valence-electron chi connectivity index (χ3n) is 1.90. The average Bonchev–Trinajstić information content (AvgIpc) is 2.31. The van der Waals surface area contributed by atoms with Gasteiger partial charge in [-0.3, -0.25) is 4.79 Å². The second-order valence-corrected chi connectivity index (χ2v) is 4.13. The summed E-state index contributed by atoms with van der Waals surface area (Å²) < 4.78 is 0. The van der Waals surface area contributed by atoms with Gasteiger partial charge >= 0.3 is 0 Å². The molecule has 0 unspecified atom stereocenters. The molecule has 0 heterocycles. The summed E-state index contributed by atoms with van der Waals surface area (Å²) in [5.74, 6) is 0.299. The molecule has 2 heteroatoms. The lowest BCUT2D eigenvalue weighted by atomic mass is 10.0. The molecule has 0 saturated carbocycles. The molecule has 1 aromatic carbocycles.